The van der Waals surface area contributed by atoms with Crippen LogP contribution in [0.2, 0.25) is 0 Å². The average Bonchev–Trinajstić information content (AvgIpc) is 2.76. The molecule has 1 N–H and O–H groups in total. The van der Waals surface area contributed by atoms with E-state index >= 15 is 0 Å². The lowest BCUT2D eigenvalue weighted by molar-refractivity contribution is 0.0383. The Bertz CT molecular complexity index is 1070. The summed E-state index contributed by atoms with van der Waals surface area (Å²) in [7, 11) is 0. The van der Waals surface area contributed by atoms with Crippen LogP contribution in [0.15, 0.2) is 42.5 Å². The molecule has 0 unspecified atom stereocenters. The molecule has 5 nitrogen and oxygen atoms in total. The van der Waals surface area contributed by atoms with Gasteiger partial charge in [-0.05, 0) is 49.6 Å². The fraction of sp³-hybridized carbons (Fsp3) is 0.360. The minimum Gasteiger partial charge on any atom is -0.379 e. The zero-order chi connectivity index (χ0) is 21.1. The fourth-order valence-electron chi connectivity index (χ4n) is 3.88. The van der Waals surface area contributed by atoms with E-state index < -0.39 is 0 Å². The zero-order valence-corrected chi connectivity index (χ0v) is 18.0. The summed E-state index contributed by atoms with van der Waals surface area (Å²) in [5.74, 6) is -0.0497. The molecule has 30 heavy (non-hydrogen) atoms. The summed E-state index contributed by atoms with van der Waals surface area (Å²) >= 11 is 0. The van der Waals surface area contributed by atoms with Crippen molar-refractivity contribution in [3.8, 4) is 11.3 Å². The number of nitrogens with zero attached hydrogens (tertiary/aromatic N) is 2. The average molecular weight is 404 g/mol. The highest BCUT2D eigenvalue weighted by molar-refractivity contribution is 6.07. The van der Waals surface area contributed by atoms with Gasteiger partial charge in [0.25, 0.3) is 5.91 Å². The van der Waals surface area contributed by atoms with Crippen molar-refractivity contribution in [1.29, 1.82) is 0 Å². The van der Waals surface area contributed by atoms with Gasteiger partial charge in [0.15, 0.2) is 0 Å². The monoisotopic (exact) mass is 403 g/mol. The standard InChI is InChI=1S/C25H29N3O2/c1-17-7-8-20(15-19(17)3)23-16-22(21-6-4-5-18(2)24(21)27-23)25(29)26-9-10-28-11-13-30-14-12-28/h4-8,15-16H,9-14H2,1-3H3,(H,26,29). The van der Waals surface area contributed by atoms with Crippen LogP contribution in [0.5, 0.6) is 0 Å². The third kappa shape index (κ3) is 4.37. The molecule has 2 aromatic carbocycles. The van der Waals surface area contributed by atoms with Gasteiger partial charge in [0.2, 0.25) is 0 Å². The number of morpholine rings is 1. The largest absolute Gasteiger partial charge is 0.379 e. The summed E-state index contributed by atoms with van der Waals surface area (Å²) in [6.45, 7) is 11.1. The van der Waals surface area contributed by atoms with E-state index in [4.69, 9.17) is 9.72 Å². The number of fused-ring (bicyclic) bond motifs is 1. The first-order valence-corrected chi connectivity index (χ1v) is 10.6. The van der Waals surface area contributed by atoms with Crippen molar-refractivity contribution in [2.45, 2.75) is 20.8 Å². The first-order valence-electron chi connectivity index (χ1n) is 10.6. The summed E-state index contributed by atoms with van der Waals surface area (Å²) < 4.78 is 5.39. The van der Waals surface area contributed by atoms with Gasteiger partial charge in [-0.25, -0.2) is 4.98 Å². The quantitative estimate of drug-likeness (QED) is 0.702. The van der Waals surface area contributed by atoms with Gasteiger partial charge in [0, 0.05) is 37.1 Å². The number of benzene rings is 2. The zero-order valence-electron chi connectivity index (χ0n) is 18.0. The maximum absolute atomic E-state index is 13.1. The Kier molecular flexibility index (Phi) is 6.11. The predicted octanol–water partition coefficient (Wildman–Crippen LogP) is 3.89. The van der Waals surface area contributed by atoms with E-state index in [-0.39, 0.29) is 5.91 Å². The lowest BCUT2D eigenvalue weighted by Crippen LogP contribution is -2.41. The van der Waals surface area contributed by atoms with Gasteiger partial charge in [-0.1, -0.05) is 30.3 Å². The van der Waals surface area contributed by atoms with Crippen LogP contribution >= 0.6 is 0 Å². The third-order valence-corrected chi connectivity index (χ3v) is 5.91. The number of aromatic nitrogens is 1. The molecule has 0 aliphatic carbocycles. The van der Waals surface area contributed by atoms with Crippen molar-refractivity contribution >= 4 is 16.8 Å². The van der Waals surface area contributed by atoms with Gasteiger partial charge < -0.3 is 10.1 Å². The molecular formula is C25H29N3O2. The molecule has 1 amide bonds. The highest BCUT2D eigenvalue weighted by Gasteiger charge is 2.16. The first kappa shape index (κ1) is 20.5. The lowest BCUT2D eigenvalue weighted by Gasteiger charge is -2.26. The van der Waals surface area contributed by atoms with E-state index in [2.05, 4.69) is 42.3 Å². The minimum atomic E-state index is -0.0497. The molecule has 5 heteroatoms. The Morgan fingerprint density at radius 3 is 2.60 bits per heavy atom. The molecular weight excluding hydrogens is 374 g/mol. The molecule has 0 radical (unpaired) electrons. The number of ether oxygens (including phenoxy) is 1. The van der Waals surface area contributed by atoms with E-state index in [0.29, 0.717) is 12.1 Å². The smallest absolute Gasteiger partial charge is 0.252 e. The van der Waals surface area contributed by atoms with E-state index in [1.807, 2.05) is 31.2 Å². The Labute approximate surface area is 178 Å². The summed E-state index contributed by atoms with van der Waals surface area (Å²) in [6, 6.07) is 14.3. The summed E-state index contributed by atoms with van der Waals surface area (Å²) in [6.07, 6.45) is 0. The van der Waals surface area contributed by atoms with Crippen molar-refractivity contribution in [2.24, 2.45) is 0 Å². The van der Waals surface area contributed by atoms with Crippen LogP contribution in [0.4, 0.5) is 0 Å². The molecule has 4 rings (SSSR count). The number of rotatable bonds is 5. The van der Waals surface area contributed by atoms with Crippen molar-refractivity contribution in [2.75, 3.05) is 39.4 Å². The molecule has 1 saturated heterocycles. The highest BCUT2D eigenvalue weighted by atomic mass is 16.5. The molecule has 0 bridgehead atoms. The Balaban J connectivity index is 1.64. The summed E-state index contributed by atoms with van der Waals surface area (Å²) in [4.78, 5) is 20.4. The fourth-order valence-corrected chi connectivity index (χ4v) is 3.88. The van der Waals surface area contributed by atoms with Gasteiger partial charge >= 0.3 is 0 Å². The van der Waals surface area contributed by atoms with Crippen LogP contribution < -0.4 is 5.32 Å². The van der Waals surface area contributed by atoms with Crippen LogP contribution in [0, 0.1) is 20.8 Å². The molecule has 2 heterocycles. The SMILES string of the molecule is Cc1ccc(-c2cc(C(=O)NCCN3CCOCC3)c3cccc(C)c3n2)cc1C. The van der Waals surface area contributed by atoms with E-state index in [0.717, 1.165) is 60.6 Å². The number of nitrogens with one attached hydrogen (secondary N) is 1. The normalized spacial score (nSPS) is 14.8. The second-order valence-electron chi connectivity index (χ2n) is 8.04. The van der Waals surface area contributed by atoms with Crippen molar-refractivity contribution in [3.05, 3.63) is 64.7 Å². The van der Waals surface area contributed by atoms with Crippen molar-refractivity contribution in [1.82, 2.24) is 15.2 Å². The van der Waals surface area contributed by atoms with E-state index in [1.165, 1.54) is 11.1 Å². The van der Waals surface area contributed by atoms with Crippen LogP contribution in [0.3, 0.4) is 0 Å². The number of hydrogen-bond donors (Lipinski definition) is 1. The maximum atomic E-state index is 13.1. The van der Waals surface area contributed by atoms with Crippen LogP contribution in [0.1, 0.15) is 27.0 Å². The molecule has 156 valence electrons. The lowest BCUT2D eigenvalue weighted by atomic mass is 9.99. The second kappa shape index (κ2) is 8.94. The van der Waals surface area contributed by atoms with Crippen LogP contribution in [0.25, 0.3) is 22.2 Å². The van der Waals surface area contributed by atoms with E-state index in [1.54, 1.807) is 0 Å². The van der Waals surface area contributed by atoms with Crippen LogP contribution in [-0.2, 0) is 4.74 Å². The number of amides is 1. The van der Waals surface area contributed by atoms with Crippen molar-refractivity contribution in [3.63, 3.8) is 0 Å². The van der Waals surface area contributed by atoms with Crippen LogP contribution in [-0.4, -0.2) is 55.2 Å². The molecule has 0 atom stereocenters. The van der Waals surface area contributed by atoms with Gasteiger partial charge in [0.1, 0.15) is 0 Å². The Morgan fingerprint density at radius 2 is 1.83 bits per heavy atom. The number of carbonyl (C=O) groups excluding carboxylic acids is 1. The summed E-state index contributed by atoms with van der Waals surface area (Å²) in [5.41, 5.74) is 6.96. The second-order valence-corrected chi connectivity index (χ2v) is 8.04. The molecule has 1 fully saturated rings. The molecule has 0 spiro atoms. The number of hydrogen-bond acceptors (Lipinski definition) is 4. The molecule has 1 aromatic heterocycles. The topological polar surface area (TPSA) is 54.5 Å². The molecule has 3 aromatic rings. The van der Waals surface area contributed by atoms with Gasteiger partial charge in [-0.2, -0.15) is 0 Å². The molecule has 0 saturated carbocycles. The van der Waals surface area contributed by atoms with Gasteiger partial charge in [-0.15, -0.1) is 0 Å². The number of carbonyl (C=O) groups is 1. The first-order chi connectivity index (χ1) is 14.5. The number of para-hydroxylation sites is 1. The molecule has 1 aliphatic heterocycles. The van der Waals surface area contributed by atoms with Crippen molar-refractivity contribution < 1.29 is 9.53 Å². The number of pyridine rings is 1. The Morgan fingerprint density at radius 1 is 1.03 bits per heavy atom. The summed E-state index contributed by atoms with van der Waals surface area (Å²) in [5, 5.41) is 4.00. The Hall–Kier alpha value is -2.76. The van der Waals surface area contributed by atoms with E-state index in [9.17, 15) is 4.79 Å². The third-order valence-electron chi connectivity index (χ3n) is 5.91. The van der Waals surface area contributed by atoms with Gasteiger partial charge in [0.05, 0.1) is 30.0 Å². The number of aryl methyl sites for hydroxylation is 3. The predicted molar refractivity (Wildman–Crippen MR) is 121 cm³/mol. The minimum absolute atomic E-state index is 0.0497. The maximum Gasteiger partial charge on any atom is 0.252 e. The van der Waals surface area contributed by atoms with Gasteiger partial charge in [-0.3, -0.25) is 9.69 Å². The molecule has 1 aliphatic rings. The highest BCUT2D eigenvalue weighted by Crippen LogP contribution is 2.28.